The molecule has 6 heteroatoms. The first-order valence-electron chi connectivity index (χ1n) is 13.0. The molecule has 1 aromatic carbocycles. The first kappa shape index (κ1) is 28.3. The van der Waals surface area contributed by atoms with Crippen LogP contribution in [-0.4, -0.2) is 36.5 Å². The number of rotatable bonds is 14. The third-order valence-corrected chi connectivity index (χ3v) is 6.81. The molecule has 1 fully saturated rings. The van der Waals surface area contributed by atoms with Gasteiger partial charge >= 0.3 is 11.9 Å². The molecule has 0 N–H and O–H groups in total. The van der Waals surface area contributed by atoms with Crippen LogP contribution in [0.2, 0.25) is 0 Å². The SMILES string of the molecule is CCCCCCCC(CC(=O)OCc1ccccc1)OC1OC(CC)[C@@H](C)[C@H](C)C1OC(C)=O. The van der Waals surface area contributed by atoms with Crippen molar-refractivity contribution in [3.63, 3.8) is 0 Å². The Morgan fingerprint density at radius 2 is 1.71 bits per heavy atom. The third kappa shape index (κ3) is 9.38. The van der Waals surface area contributed by atoms with Crippen LogP contribution in [0.1, 0.15) is 91.5 Å². The van der Waals surface area contributed by atoms with Crippen LogP contribution in [0.3, 0.4) is 0 Å². The fraction of sp³-hybridized carbons (Fsp3) is 0.714. The van der Waals surface area contributed by atoms with Crippen LogP contribution in [0.4, 0.5) is 0 Å². The summed E-state index contributed by atoms with van der Waals surface area (Å²) in [5.74, 6) is -0.328. The third-order valence-electron chi connectivity index (χ3n) is 6.81. The number of carbonyl (C=O) groups excluding carboxylic acids is 2. The number of hydrogen-bond acceptors (Lipinski definition) is 6. The zero-order chi connectivity index (χ0) is 24.9. The van der Waals surface area contributed by atoms with Gasteiger partial charge in [0, 0.05) is 12.8 Å². The Morgan fingerprint density at radius 1 is 1.00 bits per heavy atom. The van der Waals surface area contributed by atoms with Crippen LogP contribution < -0.4 is 0 Å². The molecule has 1 saturated heterocycles. The normalized spacial score (nSPS) is 25.5. The minimum Gasteiger partial charge on any atom is -0.461 e. The van der Waals surface area contributed by atoms with Crippen LogP contribution in [0.15, 0.2) is 30.3 Å². The summed E-state index contributed by atoms with van der Waals surface area (Å²) in [5.41, 5.74) is 0.951. The number of benzene rings is 1. The van der Waals surface area contributed by atoms with E-state index in [4.69, 9.17) is 18.9 Å². The Hall–Kier alpha value is -1.92. The van der Waals surface area contributed by atoms with Gasteiger partial charge in [0.2, 0.25) is 0 Å². The summed E-state index contributed by atoms with van der Waals surface area (Å²) >= 11 is 0. The lowest BCUT2D eigenvalue weighted by molar-refractivity contribution is -0.288. The lowest BCUT2D eigenvalue weighted by Crippen LogP contribution is -2.52. The minimum absolute atomic E-state index is 0.0158. The molecule has 0 bridgehead atoms. The van der Waals surface area contributed by atoms with Crippen molar-refractivity contribution in [1.82, 2.24) is 0 Å². The molecule has 6 nitrogen and oxygen atoms in total. The van der Waals surface area contributed by atoms with E-state index in [-0.39, 0.29) is 49.0 Å². The van der Waals surface area contributed by atoms with E-state index in [1.54, 1.807) is 0 Å². The molecule has 0 aromatic heterocycles. The van der Waals surface area contributed by atoms with E-state index in [0.717, 1.165) is 31.2 Å². The maximum atomic E-state index is 12.7. The summed E-state index contributed by atoms with van der Waals surface area (Å²) in [6.45, 7) is 10.1. The van der Waals surface area contributed by atoms with Crippen molar-refractivity contribution in [1.29, 1.82) is 0 Å². The number of unbranched alkanes of at least 4 members (excludes halogenated alkanes) is 4. The van der Waals surface area contributed by atoms with E-state index in [2.05, 4.69) is 27.7 Å². The maximum Gasteiger partial charge on any atom is 0.308 e. The van der Waals surface area contributed by atoms with Gasteiger partial charge in [0.25, 0.3) is 0 Å². The highest BCUT2D eigenvalue weighted by Crippen LogP contribution is 2.35. The first-order chi connectivity index (χ1) is 16.3. The van der Waals surface area contributed by atoms with Crippen molar-refractivity contribution < 1.29 is 28.5 Å². The van der Waals surface area contributed by atoms with Crippen molar-refractivity contribution >= 4 is 11.9 Å². The smallest absolute Gasteiger partial charge is 0.308 e. The summed E-state index contributed by atoms with van der Waals surface area (Å²) in [6, 6.07) is 9.65. The summed E-state index contributed by atoms with van der Waals surface area (Å²) in [7, 11) is 0. The van der Waals surface area contributed by atoms with Gasteiger partial charge in [0.05, 0.1) is 18.6 Å². The zero-order valence-corrected chi connectivity index (χ0v) is 21.7. The molecule has 0 amide bonds. The van der Waals surface area contributed by atoms with E-state index in [9.17, 15) is 9.59 Å². The van der Waals surface area contributed by atoms with Crippen molar-refractivity contribution in [3.05, 3.63) is 35.9 Å². The van der Waals surface area contributed by atoms with Gasteiger partial charge in [-0.3, -0.25) is 9.59 Å². The summed E-state index contributed by atoms with van der Waals surface area (Å²) < 4.78 is 23.8. The molecule has 34 heavy (non-hydrogen) atoms. The fourth-order valence-corrected chi connectivity index (χ4v) is 4.56. The van der Waals surface area contributed by atoms with Crippen molar-refractivity contribution in [2.75, 3.05) is 0 Å². The second-order valence-electron chi connectivity index (χ2n) is 9.55. The lowest BCUT2D eigenvalue weighted by atomic mass is 9.82. The molecular formula is C28H44O6. The maximum absolute atomic E-state index is 12.7. The first-order valence-corrected chi connectivity index (χ1v) is 13.0. The van der Waals surface area contributed by atoms with Crippen LogP contribution in [0.25, 0.3) is 0 Å². The zero-order valence-electron chi connectivity index (χ0n) is 21.7. The average molecular weight is 477 g/mol. The summed E-state index contributed by atoms with van der Waals surface area (Å²) in [5, 5.41) is 0. The van der Waals surface area contributed by atoms with Gasteiger partial charge in [-0.15, -0.1) is 0 Å². The lowest BCUT2D eigenvalue weighted by Gasteiger charge is -2.44. The molecule has 6 atom stereocenters. The van der Waals surface area contributed by atoms with Crippen molar-refractivity contribution in [2.45, 2.75) is 117 Å². The molecule has 192 valence electrons. The second-order valence-corrected chi connectivity index (χ2v) is 9.55. The molecular weight excluding hydrogens is 432 g/mol. The number of ether oxygens (including phenoxy) is 4. The monoisotopic (exact) mass is 476 g/mol. The van der Waals surface area contributed by atoms with Gasteiger partial charge < -0.3 is 18.9 Å². The van der Waals surface area contributed by atoms with Crippen molar-refractivity contribution in [3.8, 4) is 0 Å². The van der Waals surface area contributed by atoms with E-state index in [0.29, 0.717) is 0 Å². The van der Waals surface area contributed by atoms with Gasteiger partial charge in [-0.25, -0.2) is 0 Å². The molecule has 0 radical (unpaired) electrons. The molecule has 1 aliphatic rings. The van der Waals surface area contributed by atoms with E-state index in [1.807, 2.05) is 30.3 Å². The molecule has 4 unspecified atom stereocenters. The number of esters is 2. The Morgan fingerprint density at radius 3 is 2.35 bits per heavy atom. The Balaban J connectivity index is 2.05. The molecule has 0 aliphatic carbocycles. The predicted octanol–water partition coefficient (Wildman–Crippen LogP) is 6.20. The average Bonchev–Trinajstić information content (AvgIpc) is 2.82. The minimum atomic E-state index is -0.692. The Bertz CT molecular complexity index is 721. The summed E-state index contributed by atoms with van der Waals surface area (Å²) in [6.07, 6.45) is 5.81. The van der Waals surface area contributed by atoms with Crippen LogP contribution in [0.5, 0.6) is 0 Å². The Labute approximate surface area is 205 Å². The van der Waals surface area contributed by atoms with E-state index in [1.165, 1.54) is 26.2 Å². The highest BCUT2D eigenvalue weighted by molar-refractivity contribution is 5.70. The second kappa shape index (κ2) is 15.2. The largest absolute Gasteiger partial charge is 0.461 e. The van der Waals surface area contributed by atoms with Gasteiger partial charge in [0.15, 0.2) is 12.4 Å². The van der Waals surface area contributed by atoms with Gasteiger partial charge in [0.1, 0.15) is 6.61 Å². The molecule has 2 rings (SSSR count). The van der Waals surface area contributed by atoms with Crippen LogP contribution >= 0.6 is 0 Å². The van der Waals surface area contributed by atoms with Gasteiger partial charge in [-0.2, -0.15) is 0 Å². The highest BCUT2D eigenvalue weighted by Gasteiger charge is 2.44. The standard InChI is InChI=1S/C28H44O6/c1-6-8-9-10-14-17-24(18-26(30)31-19-23-15-12-11-13-16-23)33-28-27(32-22(5)29)21(4)20(3)25(7-2)34-28/h11-13,15-16,20-21,24-25,27-28H,6-10,14,17-19H2,1-5H3/t20-,21-,24?,25?,27?,28?/m0/s1. The quantitative estimate of drug-likeness (QED) is 0.235. The molecule has 1 aliphatic heterocycles. The van der Waals surface area contributed by atoms with Crippen molar-refractivity contribution in [2.24, 2.45) is 11.8 Å². The topological polar surface area (TPSA) is 71.1 Å². The molecule has 1 heterocycles. The number of hydrogen-bond donors (Lipinski definition) is 0. The van der Waals surface area contributed by atoms with E-state index < -0.39 is 12.4 Å². The van der Waals surface area contributed by atoms with Gasteiger partial charge in [-0.1, -0.05) is 90.1 Å². The fourth-order valence-electron chi connectivity index (χ4n) is 4.56. The van der Waals surface area contributed by atoms with E-state index >= 15 is 0 Å². The summed E-state index contributed by atoms with van der Waals surface area (Å²) in [4.78, 5) is 24.5. The Kier molecular flexibility index (Phi) is 12.6. The van der Waals surface area contributed by atoms with Crippen LogP contribution in [0, 0.1) is 11.8 Å². The predicted molar refractivity (Wildman–Crippen MR) is 132 cm³/mol. The highest BCUT2D eigenvalue weighted by atomic mass is 16.7. The van der Waals surface area contributed by atoms with Gasteiger partial charge in [-0.05, 0) is 24.3 Å². The number of carbonyl (C=O) groups is 2. The van der Waals surface area contributed by atoms with Crippen LogP contribution in [-0.2, 0) is 35.1 Å². The molecule has 0 spiro atoms. The molecule has 1 aromatic rings. The molecule has 0 saturated carbocycles.